The average molecular weight is 429 g/mol. The Kier molecular flexibility index (Phi) is 5.57. The number of nitro groups is 1. The number of sulfonamides is 1. The van der Waals surface area contributed by atoms with E-state index < -0.39 is 26.6 Å². The van der Waals surface area contributed by atoms with Gasteiger partial charge in [-0.3, -0.25) is 14.9 Å². The summed E-state index contributed by atoms with van der Waals surface area (Å²) in [7, 11) is -4.07. The van der Waals surface area contributed by atoms with Crippen LogP contribution in [0.25, 0.3) is 0 Å². The van der Waals surface area contributed by atoms with Crippen LogP contribution < -0.4 is 4.90 Å². The number of fused-ring (bicyclic) bond motifs is 1. The highest BCUT2D eigenvalue weighted by atomic mass is 32.2. The van der Waals surface area contributed by atoms with E-state index in [0.29, 0.717) is 19.4 Å². The summed E-state index contributed by atoms with van der Waals surface area (Å²) in [6.45, 7) is 0.893. The summed E-state index contributed by atoms with van der Waals surface area (Å²) >= 11 is 0. The molecule has 4 rings (SSSR count). The number of nitro benzene ring substituents is 1. The molecule has 0 N–H and O–H groups in total. The molecule has 1 amide bonds. The van der Waals surface area contributed by atoms with Crippen LogP contribution in [-0.4, -0.2) is 43.2 Å². The van der Waals surface area contributed by atoms with E-state index in [1.807, 2.05) is 24.3 Å². The fraction of sp³-hybridized carbons (Fsp3) is 0.381. The van der Waals surface area contributed by atoms with Gasteiger partial charge in [-0.15, -0.1) is 0 Å². The van der Waals surface area contributed by atoms with Crippen molar-refractivity contribution in [2.24, 2.45) is 5.92 Å². The third kappa shape index (κ3) is 3.70. The third-order valence-electron chi connectivity index (χ3n) is 5.79. The summed E-state index contributed by atoms with van der Waals surface area (Å²) in [5.41, 5.74) is 1.57. The van der Waals surface area contributed by atoms with E-state index in [-0.39, 0.29) is 23.9 Å². The molecule has 2 aliphatic heterocycles. The number of nitrogens with zero attached hydrogens (tertiary/aromatic N) is 3. The standard InChI is InChI=1S/C21H23N3O5S/c25-21(23-14-6-8-16-7-1-2-10-18(16)23)17-9-5-13-22(15-17)30(28,29)20-12-4-3-11-19(20)24(26)27/h1-4,7,10-12,17H,5-6,8-9,13-15H2/t17-/m1/s1. The van der Waals surface area contributed by atoms with Gasteiger partial charge in [0.15, 0.2) is 4.90 Å². The van der Waals surface area contributed by atoms with Gasteiger partial charge in [0.2, 0.25) is 15.9 Å². The molecule has 158 valence electrons. The van der Waals surface area contributed by atoms with Crippen molar-refractivity contribution in [3.63, 3.8) is 0 Å². The molecule has 1 atom stereocenters. The van der Waals surface area contributed by atoms with Gasteiger partial charge < -0.3 is 4.90 Å². The first kappa shape index (κ1) is 20.5. The van der Waals surface area contributed by atoms with Crippen LogP contribution >= 0.6 is 0 Å². The molecule has 9 heteroatoms. The lowest BCUT2D eigenvalue weighted by atomic mass is 9.95. The second kappa shape index (κ2) is 8.16. The number of carbonyl (C=O) groups excluding carboxylic acids is 1. The summed E-state index contributed by atoms with van der Waals surface area (Å²) in [6, 6.07) is 13.1. The lowest BCUT2D eigenvalue weighted by Gasteiger charge is -2.36. The van der Waals surface area contributed by atoms with Crippen LogP contribution in [0.2, 0.25) is 0 Å². The van der Waals surface area contributed by atoms with Crippen LogP contribution in [0.3, 0.4) is 0 Å². The summed E-state index contributed by atoms with van der Waals surface area (Å²) < 4.78 is 27.5. The molecule has 0 unspecified atom stereocenters. The van der Waals surface area contributed by atoms with Gasteiger partial charge in [-0.05, 0) is 43.4 Å². The first-order chi connectivity index (χ1) is 14.4. The quantitative estimate of drug-likeness (QED) is 0.549. The highest BCUT2D eigenvalue weighted by molar-refractivity contribution is 7.89. The maximum absolute atomic E-state index is 13.3. The summed E-state index contributed by atoms with van der Waals surface area (Å²) in [5.74, 6) is -0.549. The van der Waals surface area contributed by atoms with Gasteiger partial charge >= 0.3 is 0 Å². The number of rotatable bonds is 4. The van der Waals surface area contributed by atoms with Gasteiger partial charge in [0, 0.05) is 31.4 Å². The highest BCUT2D eigenvalue weighted by Crippen LogP contribution is 2.32. The van der Waals surface area contributed by atoms with Crippen molar-refractivity contribution >= 4 is 27.3 Å². The Bertz CT molecular complexity index is 1090. The van der Waals surface area contributed by atoms with E-state index in [9.17, 15) is 23.3 Å². The Balaban J connectivity index is 1.59. The summed E-state index contributed by atoms with van der Waals surface area (Å²) in [5, 5.41) is 11.3. The Morgan fingerprint density at radius 2 is 1.77 bits per heavy atom. The largest absolute Gasteiger partial charge is 0.312 e. The number of aryl methyl sites for hydroxylation is 1. The maximum atomic E-state index is 13.3. The van der Waals surface area contributed by atoms with Gasteiger partial charge in [-0.25, -0.2) is 8.42 Å². The van der Waals surface area contributed by atoms with Crippen molar-refractivity contribution in [3.05, 3.63) is 64.2 Å². The second-order valence-corrected chi connectivity index (χ2v) is 9.56. The van der Waals surface area contributed by atoms with Crippen molar-refractivity contribution < 1.29 is 18.1 Å². The minimum Gasteiger partial charge on any atom is -0.312 e. The summed E-state index contributed by atoms with van der Waals surface area (Å²) in [6.07, 6.45) is 2.92. The number of piperidine rings is 1. The molecule has 8 nitrogen and oxygen atoms in total. The molecule has 0 aromatic heterocycles. The number of benzene rings is 2. The Labute approximate surface area is 175 Å². The van der Waals surface area contributed by atoms with Crippen LogP contribution in [0, 0.1) is 16.0 Å². The Morgan fingerprint density at radius 3 is 2.57 bits per heavy atom. The van der Waals surface area contributed by atoms with Crippen LogP contribution in [0.15, 0.2) is 53.4 Å². The maximum Gasteiger partial charge on any atom is 0.289 e. The van der Waals surface area contributed by atoms with Gasteiger partial charge in [0.05, 0.1) is 10.8 Å². The lowest BCUT2D eigenvalue weighted by molar-refractivity contribution is -0.387. The zero-order valence-corrected chi connectivity index (χ0v) is 17.3. The number of amides is 1. The van der Waals surface area contributed by atoms with E-state index >= 15 is 0 Å². The van der Waals surface area contributed by atoms with E-state index in [1.165, 1.54) is 28.6 Å². The van der Waals surface area contributed by atoms with Crippen molar-refractivity contribution in [1.29, 1.82) is 0 Å². The monoisotopic (exact) mass is 429 g/mol. The molecule has 2 aromatic carbocycles. The third-order valence-corrected chi connectivity index (χ3v) is 7.70. The van der Waals surface area contributed by atoms with Gasteiger partial charge in [0.25, 0.3) is 5.69 Å². The molecule has 2 aromatic rings. The van der Waals surface area contributed by atoms with Crippen molar-refractivity contribution in [2.75, 3.05) is 24.5 Å². The minimum absolute atomic E-state index is 0.0336. The normalized spacial score (nSPS) is 19.9. The first-order valence-corrected chi connectivity index (χ1v) is 11.5. The number of hydrogen-bond acceptors (Lipinski definition) is 5. The van der Waals surface area contributed by atoms with Crippen molar-refractivity contribution in [3.8, 4) is 0 Å². The Hall–Kier alpha value is -2.78. The minimum atomic E-state index is -4.07. The Morgan fingerprint density at radius 1 is 1.03 bits per heavy atom. The van der Waals surface area contributed by atoms with Crippen LogP contribution in [-0.2, 0) is 21.2 Å². The SMILES string of the molecule is O=C([C@@H]1CCCN(S(=O)(=O)c2ccccc2[N+](=O)[O-])C1)N1CCCc2ccccc21. The predicted molar refractivity (Wildman–Crippen MR) is 112 cm³/mol. The molecule has 30 heavy (non-hydrogen) atoms. The van der Waals surface area contributed by atoms with Crippen molar-refractivity contribution in [1.82, 2.24) is 4.31 Å². The molecule has 1 saturated heterocycles. The fourth-order valence-electron chi connectivity index (χ4n) is 4.31. The molecule has 2 aliphatic rings. The zero-order valence-electron chi connectivity index (χ0n) is 16.4. The molecule has 0 radical (unpaired) electrons. The smallest absolute Gasteiger partial charge is 0.289 e. The van der Waals surface area contributed by atoms with Gasteiger partial charge in [-0.1, -0.05) is 30.3 Å². The van der Waals surface area contributed by atoms with E-state index in [2.05, 4.69) is 0 Å². The molecule has 0 aliphatic carbocycles. The lowest BCUT2D eigenvalue weighted by Crippen LogP contribution is -2.48. The first-order valence-electron chi connectivity index (χ1n) is 10.0. The molecule has 1 fully saturated rings. The van der Waals surface area contributed by atoms with Crippen LogP contribution in [0.1, 0.15) is 24.8 Å². The second-order valence-electron chi connectivity index (χ2n) is 7.65. The highest BCUT2D eigenvalue weighted by Gasteiger charge is 2.38. The van der Waals surface area contributed by atoms with Crippen molar-refractivity contribution in [2.45, 2.75) is 30.6 Å². The molecule has 0 spiro atoms. The number of hydrogen-bond donors (Lipinski definition) is 0. The zero-order chi connectivity index (χ0) is 21.3. The van der Waals surface area contributed by atoms with Gasteiger partial charge in [0.1, 0.15) is 0 Å². The average Bonchev–Trinajstić information content (AvgIpc) is 2.78. The number of carbonyl (C=O) groups is 1. The molecular formula is C21H23N3O5S. The number of para-hydroxylation sites is 2. The molecule has 0 saturated carbocycles. The van der Waals surface area contributed by atoms with Crippen LogP contribution in [0.4, 0.5) is 11.4 Å². The van der Waals surface area contributed by atoms with E-state index in [0.717, 1.165) is 24.1 Å². The molecule has 2 heterocycles. The van der Waals surface area contributed by atoms with E-state index in [4.69, 9.17) is 0 Å². The molecule has 0 bridgehead atoms. The summed E-state index contributed by atoms with van der Waals surface area (Å²) in [4.78, 5) is 25.4. The fourth-order valence-corrected chi connectivity index (χ4v) is 5.99. The van der Waals surface area contributed by atoms with Gasteiger partial charge in [-0.2, -0.15) is 4.31 Å². The van der Waals surface area contributed by atoms with Crippen LogP contribution in [0.5, 0.6) is 0 Å². The predicted octanol–water partition coefficient (Wildman–Crippen LogP) is 2.97. The topological polar surface area (TPSA) is 101 Å². The number of anilines is 1. The van der Waals surface area contributed by atoms with E-state index in [1.54, 1.807) is 4.90 Å². The molecular weight excluding hydrogens is 406 g/mol.